The number of aryl methyl sites for hydroxylation is 1. The summed E-state index contributed by atoms with van der Waals surface area (Å²) in [6.07, 6.45) is 8.42. The number of nitrogens with zero attached hydrogens (tertiary/aromatic N) is 3. The van der Waals surface area contributed by atoms with E-state index in [0.29, 0.717) is 24.8 Å². The molecule has 2 fully saturated rings. The summed E-state index contributed by atoms with van der Waals surface area (Å²) in [6.45, 7) is 9.54. The van der Waals surface area contributed by atoms with E-state index in [0.717, 1.165) is 75.2 Å². The summed E-state index contributed by atoms with van der Waals surface area (Å²) in [4.78, 5) is 27.7. The van der Waals surface area contributed by atoms with Gasteiger partial charge in [0.2, 0.25) is 11.8 Å². The number of fused-ring (bicyclic) bond motifs is 1. The van der Waals surface area contributed by atoms with Crippen LogP contribution >= 0.6 is 0 Å². The Labute approximate surface area is 191 Å². The molecule has 3 aliphatic rings. The summed E-state index contributed by atoms with van der Waals surface area (Å²) in [6, 6.07) is -0.0677. The molecule has 1 aromatic heterocycles. The van der Waals surface area contributed by atoms with Crippen LogP contribution in [0.5, 0.6) is 0 Å². The molecule has 0 spiro atoms. The van der Waals surface area contributed by atoms with Crippen LogP contribution in [-0.4, -0.2) is 52.2 Å². The Balaban J connectivity index is 1.26. The zero-order valence-corrected chi connectivity index (χ0v) is 19.5. The van der Waals surface area contributed by atoms with Crippen LogP contribution in [0.2, 0.25) is 0 Å². The van der Waals surface area contributed by atoms with Crippen LogP contribution in [-0.2, 0) is 23.2 Å². The highest BCUT2D eigenvalue weighted by molar-refractivity contribution is 5.80. The molecule has 0 aromatic carbocycles. The fourth-order valence-electron chi connectivity index (χ4n) is 5.32. The van der Waals surface area contributed by atoms with Crippen molar-refractivity contribution in [2.75, 3.05) is 25.0 Å². The molecule has 4 rings (SSSR count). The zero-order chi connectivity index (χ0) is 22.7. The topological polar surface area (TPSA) is 91.3 Å². The average molecular weight is 443 g/mol. The molecule has 8 nitrogen and oxygen atoms in total. The normalized spacial score (nSPS) is 26.8. The van der Waals surface area contributed by atoms with E-state index in [1.807, 2.05) is 25.1 Å². The number of anilines is 1. The second-order valence-electron chi connectivity index (χ2n) is 9.85. The number of piperidine rings is 1. The second-order valence-corrected chi connectivity index (χ2v) is 9.85. The maximum atomic E-state index is 13.4. The van der Waals surface area contributed by atoms with Crippen LogP contribution in [0.15, 0.2) is 18.5 Å². The molecule has 1 aliphatic carbocycles. The molecule has 176 valence electrons. The molecule has 2 amide bonds. The summed E-state index contributed by atoms with van der Waals surface area (Å²) in [5.74, 6) is 2.35. The number of hydrogen-bond donors (Lipinski definition) is 3. The van der Waals surface area contributed by atoms with Crippen molar-refractivity contribution < 1.29 is 9.59 Å². The van der Waals surface area contributed by atoms with Gasteiger partial charge in [-0.1, -0.05) is 6.58 Å². The lowest BCUT2D eigenvalue weighted by molar-refractivity contribution is -0.139. The number of carbonyl (C=O) groups is 2. The van der Waals surface area contributed by atoms with E-state index in [1.165, 1.54) is 0 Å². The fourth-order valence-corrected chi connectivity index (χ4v) is 5.32. The largest absolute Gasteiger partial charge is 0.356 e. The van der Waals surface area contributed by atoms with Crippen LogP contribution in [0.3, 0.4) is 0 Å². The molecule has 1 unspecified atom stereocenters. The number of aromatic nitrogens is 2. The first-order valence-corrected chi connectivity index (χ1v) is 12.2. The standard InChI is InChI=1S/C24H38N6O2/c1-16-17(2)30(15-21-14-27-29(3)23(21)28-16)24(32)20-6-4-19(5-7-20)13-26-22(31)12-18-8-10-25-11-9-18/h14,17-20,25,28H,1,4-13,15H2,2-3H3,(H,26,31). The Morgan fingerprint density at radius 3 is 2.59 bits per heavy atom. The van der Waals surface area contributed by atoms with Gasteiger partial charge in [-0.3, -0.25) is 14.3 Å². The molecular weight excluding hydrogens is 404 g/mol. The molecule has 2 aliphatic heterocycles. The van der Waals surface area contributed by atoms with Crippen LogP contribution in [0.25, 0.3) is 0 Å². The van der Waals surface area contributed by atoms with Crippen molar-refractivity contribution in [3.05, 3.63) is 24.0 Å². The first-order chi connectivity index (χ1) is 15.4. The first-order valence-electron chi connectivity index (χ1n) is 12.2. The van der Waals surface area contributed by atoms with E-state index >= 15 is 0 Å². The highest BCUT2D eigenvalue weighted by atomic mass is 16.2. The summed E-state index contributed by atoms with van der Waals surface area (Å²) < 4.78 is 1.80. The van der Waals surface area contributed by atoms with Crippen molar-refractivity contribution in [3.63, 3.8) is 0 Å². The van der Waals surface area contributed by atoms with Crippen LogP contribution < -0.4 is 16.0 Å². The van der Waals surface area contributed by atoms with Crippen molar-refractivity contribution in [2.45, 2.75) is 64.5 Å². The molecule has 8 heteroatoms. The molecule has 0 bridgehead atoms. The van der Waals surface area contributed by atoms with Crippen molar-refractivity contribution >= 4 is 17.6 Å². The summed E-state index contributed by atoms with van der Waals surface area (Å²) in [5, 5.41) is 14.2. The minimum Gasteiger partial charge on any atom is -0.356 e. The summed E-state index contributed by atoms with van der Waals surface area (Å²) >= 11 is 0. The monoisotopic (exact) mass is 442 g/mol. The Morgan fingerprint density at radius 2 is 1.88 bits per heavy atom. The van der Waals surface area contributed by atoms with Gasteiger partial charge in [0, 0.05) is 37.2 Å². The van der Waals surface area contributed by atoms with E-state index in [-0.39, 0.29) is 23.8 Å². The van der Waals surface area contributed by atoms with Crippen LogP contribution in [0.1, 0.15) is 57.4 Å². The fraction of sp³-hybridized carbons (Fsp3) is 0.708. The predicted molar refractivity (Wildman–Crippen MR) is 125 cm³/mol. The lowest BCUT2D eigenvalue weighted by atomic mass is 9.81. The molecule has 3 N–H and O–H groups in total. The quantitative estimate of drug-likeness (QED) is 0.651. The Bertz CT molecular complexity index is 836. The third-order valence-electron chi connectivity index (χ3n) is 7.61. The first kappa shape index (κ1) is 22.8. The smallest absolute Gasteiger partial charge is 0.226 e. The molecular formula is C24H38N6O2. The van der Waals surface area contributed by atoms with Gasteiger partial charge >= 0.3 is 0 Å². The number of amides is 2. The van der Waals surface area contributed by atoms with E-state index in [2.05, 4.69) is 27.6 Å². The molecule has 1 aromatic rings. The number of carbonyl (C=O) groups excluding carboxylic acids is 2. The van der Waals surface area contributed by atoms with Crippen molar-refractivity contribution in [3.8, 4) is 0 Å². The van der Waals surface area contributed by atoms with Crippen LogP contribution in [0, 0.1) is 17.8 Å². The third-order valence-corrected chi connectivity index (χ3v) is 7.61. The van der Waals surface area contributed by atoms with Gasteiger partial charge in [-0.2, -0.15) is 5.10 Å². The van der Waals surface area contributed by atoms with Crippen molar-refractivity contribution in [2.24, 2.45) is 24.8 Å². The second kappa shape index (κ2) is 10.1. The summed E-state index contributed by atoms with van der Waals surface area (Å²) in [5.41, 5.74) is 1.85. The van der Waals surface area contributed by atoms with E-state index in [9.17, 15) is 9.59 Å². The van der Waals surface area contributed by atoms with Crippen molar-refractivity contribution in [1.29, 1.82) is 0 Å². The van der Waals surface area contributed by atoms with E-state index in [4.69, 9.17) is 0 Å². The van der Waals surface area contributed by atoms with E-state index < -0.39 is 0 Å². The Hall–Kier alpha value is -2.35. The number of nitrogens with one attached hydrogen (secondary N) is 3. The summed E-state index contributed by atoms with van der Waals surface area (Å²) in [7, 11) is 1.90. The third kappa shape index (κ3) is 5.17. The molecule has 1 saturated heterocycles. The SMILES string of the molecule is C=C1Nc2c(cnn2C)CN(C(=O)C2CCC(CNC(=O)CC3CCNCC3)CC2)C1C. The Morgan fingerprint density at radius 1 is 1.16 bits per heavy atom. The van der Waals surface area contributed by atoms with E-state index in [1.54, 1.807) is 4.68 Å². The van der Waals surface area contributed by atoms with Crippen molar-refractivity contribution in [1.82, 2.24) is 25.3 Å². The number of hydrogen-bond acceptors (Lipinski definition) is 5. The molecule has 1 saturated carbocycles. The minimum absolute atomic E-state index is 0.0464. The Kier molecular flexibility index (Phi) is 7.18. The van der Waals surface area contributed by atoms with Gasteiger partial charge in [-0.05, 0) is 70.4 Å². The lowest BCUT2D eigenvalue weighted by Crippen LogP contribution is -2.43. The highest BCUT2D eigenvalue weighted by Gasteiger charge is 2.34. The minimum atomic E-state index is -0.0677. The van der Waals surface area contributed by atoms with Crippen LogP contribution in [0.4, 0.5) is 5.82 Å². The highest BCUT2D eigenvalue weighted by Crippen LogP contribution is 2.33. The van der Waals surface area contributed by atoms with Gasteiger partial charge in [-0.25, -0.2) is 0 Å². The molecule has 32 heavy (non-hydrogen) atoms. The molecule has 3 heterocycles. The van der Waals surface area contributed by atoms with Gasteiger partial charge in [0.05, 0.1) is 18.8 Å². The predicted octanol–water partition coefficient (Wildman–Crippen LogP) is 2.39. The van der Waals surface area contributed by atoms with Gasteiger partial charge in [-0.15, -0.1) is 0 Å². The molecule has 1 atom stereocenters. The van der Waals surface area contributed by atoms with Gasteiger partial charge < -0.3 is 20.9 Å². The maximum Gasteiger partial charge on any atom is 0.226 e. The maximum absolute atomic E-state index is 13.4. The lowest BCUT2D eigenvalue weighted by Gasteiger charge is -2.34. The van der Waals surface area contributed by atoms with Gasteiger partial charge in [0.15, 0.2) is 0 Å². The van der Waals surface area contributed by atoms with Gasteiger partial charge in [0.25, 0.3) is 0 Å². The average Bonchev–Trinajstić information content (AvgIpc) is 3.08. The zero-order valence-electron chi connectivity index (χ0n) is 19.5. The van der Waals surface area contributed by atoms with Gasteiger partial charge in [0.1, 0.15) is 5.82 Å². The number of rotatable bonds is 5. The molecule has 0 radical (unpaired) electrons.